The van der Waals surface area contributed by atoms with E-state index < -0.39 is 0 Å². The summed E-state index contributed by atoms with van der Waals surface area (Å²) in [5.41, 5.74) is 6.15. The van der Waals surface area contributed by atoms with Crippen molar-refractivity contribution in [3.8, 4) is 17.2 Å². The lowest BCUT2D eigenvalue weighted by Gasteiger charge is -2.21. The summed E-state index contributed by atoms with van der Waals surface area (Å²) in [7, 11) is 0. The lowest BCUT2D eigenvalue weighted by molar-refractivity contribution is 0.566. The molecule has 1 unspecified atom stereocenters. The van der Waals surface area contributed by atoms with Gasteiger partial charge in [-0.15, -0.1) is 0 Å². The van der Waals surface area contributed by atoms with Gasteiger partial charge in [0.15, 0.2) is 0 Å². The van der Waals surface area contributed by atoms with Crippen molar-refractivity contribution >= 4 is 0 Å². The lowest BCUT2D eigenvalue weighted by Crippen LogP contribution is -2.32. The molecule has 1 aromatic heterocycles. The van der Waals surface area contributed by atoms with Crippen LogP contribution in [-0.4, -0.2) is 9.55 Å². The maximum Gasteiger partial charge on any atom is 0.257 e. The zero-order valence-corrected chi connectivity index (χ0v) is 20.7. The van der Waals surface area contributed by atoms with Crippen LogP contribution in [0.4, 0.5) is 0 Å². The van der Waals surface area contributed by atoms with Gasteiger partial charge in [-0.25, -0.2) is 4.98 Å². The Bertz CT molecular complexity index is 1400. The number of aryl methyl sites for hydroxylation is 2. The van der Waals surface area contributed by atoms with Crippen LogP contribution in [0, 0.1) is 18.3 Å². The van der Waals surface area contributed by atoms with Gasteiger partial charge in [-0.3, -0.25) is 9.36 Å². The van der Waals surface area contributed by atoms with Crippen LogP contribution in [0.5, 0.6) is 0 Å². The Balaban J connectivity index is 1.78. The minimum atomic E-state index is -0.120. The molecule has 0 saturated heterocycles. The SMILES string of the molecule is CCCCc1nc(C)n(C(C)c2ccccc2)c(=O)c1Cc1ccc(-c2ccccc2)c(C#N)c1. The number of hydrogen-bond acceptors (Lipinski definition) is 3. The summed E-state index contributed by atoms with van der Waals surface area (Å²) in [4.78, 5) is 18.8. The normalized spacial score (nSPS) is 11.7. The largest absolute Gasteiger partial charge is 0.289 e. The first-order chi connectivity index (χ1) is 17.0. The number of benzene rings is 3. The third-order valence-electron chi connectivity index (χ3n) is 6.58. The number of hydrogen-bond donors (Lipinski definition) is 0. The van der Waals surface area contributed by atoms with Crippen LogP contribution in [0.1, 0.15) is 66.5 Å². The summed E-state index contributed by atoms with van der Waals surface area (Å²) in [5.74, 6) is 0.735. The molecule has 176 valence electrons. The molecule has 0 bridgehead atoms. The van der Waals surface area contributed by atoms with E-state index in [1.807, 2.05) is 97.3 Å². The molecule has 1 heterocycles. The molecular weight excluding hydrogens is 430 g/mol. The third kappa shape index (κ3) is 5.25. The van der Waals surface area contributed by atoms with Gasteiger partial charge in [-0.2, -0.15) is 5.26 Å². The Kier molecular flexibility index (Phi) is 7.57. The van der Waals surface area contributed by atoms with Crippen molar-refractivity contribution in [2.24, 2.45) is 0 Å². The second kappa shape index (κ2) is 11.0. The molecule has 4 heteroatoms. The summed E-state index contributed by atoms with van der Waals surface area (Å²) in [6, 6.07) is 28.1. The molecule has 0 spiro atoms. The highest BCUT2D eigenvalue weighted by Gasteiger charge is 2.20. The molecule has 4 nitrogen and oxygen atoms in total. The molecule has 0 aliphatic carbocycles. The van der Waals surface area contributed by atoms with E-state index in [1.165, 1.54) is 0 Å². The van der Waals surface area contributed by atoms with E-state index in [-0.39, 0.29) is 11.6 Å². The molecular formula is C31H31N3O. The van der Waals surface area contributed by atoms with Crippen LogP contribution < -0.4 is 5.56 Å². The smallest absolute Gasteiger partial charge is 0.257 e. The van der Waals surface area contributed by atoms with E-state index in [9.17, 15) is 10.1 Å². The predicted octanol–water partition coefficient (Wildman–Crippen LogP) is 6.63. The summed E-state index contributed by atoms with van der Waals surface area (Å²) in [6.45, 7) is 6.11. The highest BCUT2D eigenvalue weighted by Crippen LogP contribution is 2.26. The van der Waals surface area contributed by atoms with E-state index in [2.05, 4.69) is 13.0 Å². The summed E-state index contributed by atoms with van der Waals surface area (Å²) in [5, 5.41) is 9.85. The molecule has 4 rings (SSSR count). The molecule has 1 atom stereocenters. The highest BCUT2D eigenvalue weighted by molar-refractivity contribution is 5.71. The van der Waals surface area contributed by atoms with Gasteiger partial charge in [0, 0.05) is 12.0 Å². The Hall–Kier alpha value is -3.97. The van der Waals surface area contributed by atoms with Crippen LogP contribution in [-0.2, 0) is 12.8 Å². The second-order valence-corrected chi connectivity index (χ2v) is 8.98. The Morgan fingerprint density at radius 1 is 1.00 bits per heavy atom. The zero-order valence-electron chi connectivity index (χ0n) is 20.7. The number of unbranched alkanes of at least 4 members (excludes halogenated alkanes) is 1. The van der Waals surface area contributed by atoms with Crippen molar-refractivity contribution in [2.45, 2.75) is 52.5 Å². The Morgan fingerprint density at radius 2 is 1.69 bits per heavy atom. The van der Waals surface area contributed by atoms with Gasteiger partial charge in [-0.05, 0) is 55.0 Å². The van der Waals surface area contributed by atoms with Crippen molar-refractivity contribution in [2.75, 3.05) is 0 Å². The molecule has 0 N–H and O–H groups in total. The van der Waals surface area contributed by atoms with Gasteiger partial charge in [-0.1, -0.05) is 86.1 Å². The van der Waals surface area contributed by atoms with Gasteiger partial charge in [0.05, 0.1) is 23.4 Å². The Labute approximate surface area is 207 Å². The van der Waals surface area contributed by atoms with Crippen molar-refractivity contribution in [1.82, 2.24) is 9.55 Å². The van der Waals surface area contributed by atoms with Gasteiger partial charge in [0.1, 0.15) is 5.82 Å². The van der Waals surface area contributed by atoms with Crippen LogP contribution in [0.3, 0.4) is 0 Å². The van der Waals surface area contributed by atoms with Gasteiger partial charge < -0.3 is 0 Å². The number of rotatable bonds is 8. The monoisotopic (exact) mass is 461 g/mol. The number of nitriles is 1. The van der Waals surface area contributed by atoms with E-state index in [0.29, 0.717) is 12.0 Å². The quantitative estimate of drug-likeness (QED) is 0.296. The Morgan fingerprint density at radius 3 is 2.34 bits per heavy atom. The maximum absolute atomic E-state index is 13.9. The average molecular weight is 462 g/mol. The first-order valence-corrected chi connectivity index (χ1v) is 12.3. The van der Waals surface area contributed by atoms with Crippen molar-refractivity contribution in [1.29, 1.82) is 5.26 Å². The predicted molar refractivity (Wildman–Crippen MR) is 141 cm³/mol. The van der Waals surface area contributed by atoms with Crippen LogP contribution in [0.15, 0.2) is 83.7 Å². The average Bonchev–Trinajstić information content (AvgIpc) is 2.90. The lowest BCUT2D eigenvalue weighted by atomic mass is 9.95. The first-order valence-electron chi connectivity index (χ1n) is 12.3. The molecule has 0 aliphatic rings. The van der Waals surface area contributed by atoms with E-state index >= 15 is 0 Å². The molecule has 35 heavy (non-hydrogen) atoms. The second-order valence-electron chi connectivity index (χ2n) is 8.98. The highest BCUT2D eigenvalue weighted by atomic mass is 16.1. The molecule has 3 aromatic carbocycles. The van der Waals surface area contributed by atoms with Crippen LogP contribution >= 0.6 is 0 Å². The van der Waals surface area contributed by atoms with Crippen molar-refractivity contribution in [3.63, 3.8) is 0 Å². The van der Waals surface area contributed by atoms with Crippen molar-refractivity contribution in [3.05, 3.63) is 123 Å². The standard InChI is InChI=1S/C31H31N3O/c1-4-5-16-30-29(31(35)34(23(3)33-30)22(2)25-12-8-6-9-13-25)20-24-17-18-28(27(19-24)21-32)26-14-10-7-11-15-26/h6-15,17-19,22H,4-5,16,20H2,1-3H3. The molecule has 4 aromatic rings. The molecule has 0 amide bonds. The summed E-state index contributed by atoms with van der Waals surface area (Å²) in [6.07, 6.45) is 3.24. The van der Waals surface area contributed by atoms with Gasteiger partial charge in [0.2, 0.25) is 0 Å². The molecule has 0 radical (unpaired) electrons. The van der Waals surface area contributed by atoms with Crippen LogP contribution in [0.2, 0.25) is 0 Å². The minimum absolute atomic E-state index is 0.00518. The molecule has 0 saturated carbocycles. The van der Waals surface area contributed by atoms with E-state index in [4.69, 9.17) is 4.98 Å². The van der Waals surface area contributed by atoms with E-state index in [1.54, 1.807) is 0 Å². The maximum atomic E-state index is 13.9. The fourth-order valence-electron chi connectivity index (χ4n) is 4.67. The fraction of sp³-hybridized carbons (Fsp3) is 0.258. The molecule has 0 fully saturated rings. The topological polar surface area (TPSA) is 58.7 Å². The fourth-order valence-corrected chi connectivity index (χ4v) is 4.67. The van der Waals surface area contributed by atoms with Crippen LogP contribution in [0.25, 0.3) is 11.1 Å². The summed E-state index contributed by atoms with van der Waals surface area (Å²) >= 11 is 0. The first kappa shape index (κ1) is 24.2. The van der Waals surface area contributed by atoms with Gasteiger partial charge in [0.25, 0.3) is 5.56 Å². The molecule has 0 aliphatic heterocycles. The van der Waals surface area contributed by atoms with E-state index in [0.717, 1.165) is 58.6 Å². The number of nitrogens with zero attached hydrogens (tertiary/aromatic N) is 3. The van der Waals surface area contributed by atoms with Crippen molar-refractivity contribution < 1.29 is 0 Å². The van der Waals surface area contributed by atoms with Gasteiger partial charge >= 0.3 is 0 Å². The number of aromatic nitrogens is 2. The summed E-state index contributed by atoms with van der Waals surface area (Å²) < 4.78 is 1.81. The minimum Gasteiger partial charge on any atom is -0.289 e. The third-order valence-corrected chi connectivity index (χ3v) is 6.58. The zero-order chi connectivity index (χ0) is 24.8.